The average Bonchev–Trinajstić information content (AvgIpc) is 2.25. The van der Waals surface area contributed by atoms with Gasteiger partial charge in [-0.3, -0.25) is 0 Å². The van der Waals surface area contributed by atoms with Gasteiger partial charge in [-0.2, -0.15) is 0 Å². The van der Waals surface area contributed by atoms with E-state index in [9.17, 15) is 13.2 Å². The molecule has 1 N–H and O–H groups in total. The van der Waals surface area contributed by atoms with E-state index in [0.29, 0.717) is 17.1 Å². The second-order valence-corrected chi connectivity index (χ2v) is 6.64. The lowest BCUT2D eigenvalue weighted by Crippen LogP contribution is -2.25. The molecule has 1 unspecified atom stereocenters. The van der Waals surface area contributed by atoms with Crippen molar-refractivity contribution in [3.63, 3.8) is 0 Å². The first-order chi connectivity index (χ1) is 8.73. The van der Waals surface area contributed by atoms with Gasteiger partial charge in [0.2, 0.25) is 0 Å². The van der Waals surface area contributed by atoms with Crippen LogP contribution in [0.5, 0.6) is 0 Å². The molecule has 0 aliphatic heterocycles. The van der Waals surface area contributed by atoms with Crippen LogP contribution in [0.1, 0.15) is 23.0 Å². The van der Waals surface area contributed by atoms with E-state index >= 15 is 0 Å². The number of rotatable bonds is 5. The van der Waals surface area contributed by atoms with Gasteiger partial charge in [0.25, 0.3) is 0 Å². The topological polar surface area (TPSA) is 85.4 Å². The van der Waals surface area contributed by atoms with Gasteiger partial charge in [-0.15, -0.1) is 0 Å². The van der Waals surface area contributed by atoms with Crippen molar-refractivity contribution in [2.45, 2.75) is 19.9 Å². The lowest BCUT2D eigenvalue weighted by atomic mass is 10.2. The second-order valence-electron chi connectivity index (χ2n) is 4.46. The minimum absolute atomic E-state index is 0.0203. The predicted octanol–water partition coefficient (Wildman–Crippen LogP) is 1.02. The maximum atomic E-state index is 11.4. The van der Waals surface area contributed by atoms with Gasteiger partial charge in [0.15, 0.2) is 0 Å². The summed E-state index contributed by atoms with van der Waals surface area (Å²) in [6.45, 7) is 3.45. The molecule has 1 atom stereocenters. The first kappa shape index (κ1) is 15.4. The number of hydrogen-bond donors (Lipinski definition) is 1. The molecule has 1 heterocycles. The van der Waals surface area contributed by atoms with Crippen LogP contribution >= 0.6 is 0 Å². The predicted molar refractivity (Wildman–Crippen MR) is 73.1 cm³/mol. The maximum absolute atomic E-state index is 11.4. The number of carbonyl (C=O) groups excluding carboxylic acids is 1. The summed E-state index contributed by atoms with van der Waals surface area (Å²) in [7, 11) is -1.74. The maximum Gasteiger partial charge on any atom is 0.339 e. The first-order valence-corrected chi connectivity index (χ1v) is 7.79. The van der Waals surface area contributed by atoms with Gasteiger partial charge >= 0.3 is 5.97 Å². The molecule has 0 saturated carbocycles. The molecule has 0 bridgehead atoms. The highest BCUT2D eigenvalue weighted by Gasteiger charge is 2.13. The van der Waals surface area contributed by atoms with Gasteiger partial charge in [-0.25, -0.2) is 18.2 Å². The Labute approximate surface area is 113 Å². The molecule has 1 rings (SSSR count). The summed E-state index contributed by atoms with van der Waals surface area (Å²) in [4.78, 5) is 15.6. The Hall–Kier alpha value is -1.63. The number of pyridine rings is 1. The summed E-state index contributed by atoms with van der Waals surface area (Å²) in [5, 5.41) is 2.98. The number of carbonyl (C=O) groups is 1. The van der Waals surface area contributed by atoms with Gasteiger partial charge in [0.05, 0.1) is 24.1 Å². The number of anilines is 1. The van der Waals surface area contributed by atoms with E-state index in [2.05, 4.69) is 15.0 Å². The van der Waals surface area contributed by atoms with Crippen LogP contribution in [-0.4, -0.2) is 44.5 Å². The molecule has 0 aliphatic rings. The van der Waals surface area contributed by atoms with Crippen molar-refractivity contribution in [3.05, 3.63) is 23.4 Å². The van der Waals surface area contributed by atoms with E-state index < -0.39 is 15.8 Å². The summed E-state index contributed by atoms with van der Waals surface area (Å²) in [6.07, 6.45) is 1.18. The highest BCUT2D eigenvalue weighted by molar-refractivity contribution is 7.90. The molecular formula is C12H18N2O4S. The van der Waals surface area contributed by atoms with E-state index in [0.717, 1.165) is 0 Å². The quantitative estimate of drug-likeness (QED) is 0.813. The Balaban J connectivity index is 2.82. The number of methoxy groups -OCH3 is 1. The third kappa shape index (κ3) is 4.86. The van der Waals surface area contributed by atoms with Crippen molar-refractivity contribution in [2.75, 3.05) is 24.4 Å². The van der Waals surface area contributed by atoms with Gasteiger partial charge < -0.3 is 10.1 Å². The number of aromatic nitrogens is 1. The molecule has 0 saturated heterocycles. The lowest BCUT2D eigenvalue weighted by molar-refractivity contribution is 0.0599. The number of nitrogens with zero attached hydrogens (tertiary/aromatic N) is 1. The fourth-order valence-corrected chi connectivity index (χ4v) is 2.71. The van der Waals surface area contributed by atoms with Crippen LogP contribution in [0.4, 0.5) is 5.82 Å². The Morgan fingerprint density at radius 2 is 2.11 bits per heavy atom. The zero-order valence-corrected chi connectivity index (χ0v) is 12.2. The minimum Gasteiger partial charge on any atom is -0.465 e. The molecule has 106 valence electrons. The number of hydrogen-bond acceptors (Lipinski definition) is 6. The molecule has 0 spiro atoms. The highest BCUT2D eigenvalue weighted by atomic mass is 32.2. The van der Waals surface area contributed by atoms with Crippen molar-refractivity contribution in [3.8, 4) is 0 Å². The SMILES string of the molecule is COC(=O)c1ccc(NC(C)CS(C)(=O)=O)nc1C. The molecule has 19 heavy (non-hydrogen) atoms. The molecule has 1 aromatic rings. The zero-order chi connectivity index (χ0) is 14.6. The summed E-state index contributed by atoms with van der Waals surface area (Å²) < 4.78 is 26.9. The van der Waals surface area contributed by atoms with Crippen LogP contribution < -0.4 is 5.32 Å². The van der Waals surface area contributed by atoms with Crippen LogP contribution in [-0.2, 0) is 14.6 Å². The molecule has 6 nitrogen and oxygen atoms in total. The van der Waals surface area contributed by atoms with E-state index in [1.165, 1.54) is 13.4 Å². The van der Waals surface area contributed by atoms with Crippen molar-refractivity contribution in [1.82, 2.24) is 4.98 Å². The Bertz CT molecular complexity index is 569. The number of aryl methyl sites for hydroxylation is 1. The van der Waals surface area contributed by atoms with Crippen LogP contribution in [0.15, 0.2) is 12.1 Å². The number of nitrogens with one attached hydrogen (secondary N) is 1. The van der Waals surface area contributed by atoms with Gasteiger partial charge in [0.1, 0.15) is 15.7 Å². The Morgan fingerprint density at radius 1 is 1.47 bits per heavy atom. The average molecular weight is 286 g/mol. The normalized spacial score (nSPS) is 12.8. The van der Waals surface area contributed by atoms with Crippen LogP contribution in [0.25, 0.3) is 0 Å². The number of ether oxygens (including phenoxy) is 1. The molecule has 0 radical (unpaired) electrons. The largest absolute Gasteiger partial charge is 0.465 e. The van der Waals surface area contributed by atoms with E-state index in [4.69, 9.17) is 0 Å². The zero-order valence-electron chi connectivity index (χ0n) is 11.4. The lowest BCUT2D eigenvalue weighted by Gasteiger charge is -2.14. The third-order valence-electron chi connectivity index (χ3n) is 2.44. The van der Waals surface area contributed by atoms with E-state index in [-0.39, 0.29) is 11.8 Å². The standard InChI is InChI=1S/C12H18N2O4S/c1-8(7-19(4,16)17)13-11-6-5-10(9(2)14-11)12(15)18-3/h5-6,8H,7H2,1-4H3,(H,13,14). The van der Waals surface area contributed by atoms with Crippen LogP contribution in [0.2, 0.25) is 0 Å². The van der Waals surface area contributed by atoms with Crippen molar-refractivity contribution >= 4 is 21.6 Å². The summed E-state index contributed by atoms with van der Waals surface area (Å²) in [5.41, 5.74) is 0.923. The second kappa shape index (κ2) is 6.01. The van der Waals surface area contributed by atoms with Gasteiger partial charge in [-0.1, -0.05) is 0 Å². The molecule has 0 amide bonds. The first-order valence-electron chi connectivity index (χ1n) is 5.73. The summed E-state index contributed by atoms with van der Waals surface area (Å²) in [5.74, 6) is 0.106. The van der Waals surface area contributed by atoms with Gasteiger partial charge in [0, 0.05) is 12.3 Å². The van der Waals surface area contributed by atoms with E-state index in [1.54, 1.807) is 26.0 Å². The minimum atomic E-state index is -3.04. The number of esters is 1. The molecular weight excluding hydrogens is 268 g/mol. The molecule has 7 heteroatoms. The summed E-state index contributed by atoms with van der Waals surface area (Å²) >= 11 is 0. The van der Waals surface area contributed by atoms with Crippen LogP contribution in [0, 0.1) is 6.92 Å². The van der Waals surface area contributed by atoms with Crippen molar-refractivity contribution in [2.24, 2.45) is 0 Å². The van der Waals surface area contributed by atoms with Crippen molar-refractivity contribution in [1.29, 1.82) is 0 Å². The molecule has 1 aromatic heterocycles. The fourth-order valence-electron chi connectivity index (χ4n) is 1.72. The molecule has 0 fully saturated rings. The fraction of sp³-hybridized carbons (Fsp3) is 0.500. The monoisotopic (exact) mass is 286 g/mol. The smallest absolute Gasteiger partial charge is 0.339 e. The van der Waals surface area contributed by atoms with Gasteiger partial charge in [-0.05, 0) is 26.0 Å². The van der Waals surface area contributed by atoms with Crippen LogP contribution in [0.3, 0.4) is 0 Å². The molecule has 0 aliphatic carbocycles. The Morgan fingerprint density at radius 3 is 2.58 bits per heavy atom. The third-order valence-corrected chi connectivity index (χ3v) is 3.54. The highest BCUT2D eigenvalue weighted by Crippen LogP contribution is 2.12. The summed E-state index contributed by atoms with van der Waals surface area (Å²) in [6, 6.07) is 2.97. The Kier molecular flexibility index (Phi) is 4.88. The van der Waals surface area contributed by atoms with E-state index in [1.807, 2.05) is 0 Å². The van der Waals surface area contributed by atoms with Crippen molar-refractivity contribution < 1.29 is 17.9 Å². The number of sulfone groups is 1. The molecule has 0 aromatic carbocycles.